The Hall–Kier alpha value is -3.59. The van der Waals surface area contributed by atoms with Crippen molar-refractivity contribution >= 4 is 23.8 Å². The van der Waals surface area contributed by atoms with E-state index in [2.05, 4.69) is 15.8 Å². The second-order valence-electron chi connectivity index (χ2n) is 8.67. The summed E-state index contributed by atoms with van der Waals surface area (Å²) in [5.74, 6) is 0.479. The van der Waals surface area contributed by atoms with Crippen LogP contribution in [0.2, 0.25) is 0 Å². The van der Waals surface area contributed by atoms with Gasteiger partial charge in [0.2, 0.25) is 5.91 Å². The number of hydrogen-bond donors (Lipinski definition) is 2. The fourth-order valence-corrected chi connectivity index (χ4v) is 3.92. The summed E-state index contributed by atoms with van der Waals surface area (Å²) in [6.07, 6.45) is 2.34. The molecule has 0 spiro atoms. The molecular formula is C25H30N4O5. The van der Waals surface area contributed by atoms with Gasteiger partial charge in [0.05, 0.1) is 24.3 Å². The zero-order valence-electron chi connectivity index (χ0n) is 19.7. The summed E-state index contributed by atoms with van der Waals surface area (Å²) in [5, 5.41) is 7.11. The molecule has 0 aromatic heterocycles. The van der Waals surface area contributed by atoms with Gasteiger partial charge in [0.25, 0.3) is 0 Å². The van der Waals surface area contributed by atoms with Crippen LogP contribution in [0.25, 0.3) is 0 Å². The van der Waals surface area contributed by atoms with E-state index in [-0.39, 0.29) is 18.4 Å². The lowest BCUT2D eigenvalue weighted by Crippen LogP contribution is -2.33. The van der Waals surface area contributed by atoms with Crippen LogP contribution >= 0.6 is 0 Å². The maximum atomic E-state index is 13.1. The van der Waals surface area contributed by atoms with Crippen molar-refractivity contribution in [1.82, 2.24) is 10.3 Å². The number of benzene rings is 2. The van der Waals surface area contributed by atoms with Crippen molar-refractivity contribution in [2.24, 2.45) is 11.0 Å². The van der Waals surface area contributed by atoms with Crippen molar-refractivity contribution < 1.29 is 23.8 Å². The Morgan fingerprint density at radius 2 is 2.09 bits per heavy atom. The molecule has 0 saturated carbocycles. The quantitative estimate of drug-likeness (QED) is 0.576. The molecule has 4 rings (SSSR count). The molecule has 2 unspecified atom stereocenters. The molecule has 0 aliphatic carbocycles. The van der Waals surface area contributed by atoms with Gasteiger partial charge in [0, 0.05) is 25.2 Å². The number of hydrogen-bond acceptors (Lipinski definition) is 8. The van der Waals surface area contributed by atoms with Crippen LogP contribution in [-0.2, 0) is 16.0 Å². The second kappa shape index (κ2) is 10.6. The molecule has 2 aromatic carbocycles. The largest absolute Gasteiger partial charge is 0.492 e. The normalized spacial score (nSPS) is 18.6. The number of fused-ring (bicyclic) bond motifs is 1. The van der Waals surface area contributed by atoms with Gasteiger partial charge in [-0.25, -0.2) is 4.79 Å². The first-order valence-corrected chi connectivity index (χ1v) is 11.3. The monoisotopic (exact) mass is 466 g/mol. The van der Waals surface area contributed by atoms with Crippen molar-refractivity contribution in [2.75, 3.05) is 52.8 Å². The van der Waals surface area contributed by atoms with E-state index in [1.807, 2.05) is 43.4 Å². The average Bonchev–Trinajstić information content (AvgIpc) is 3.38. The Balaban J connectivity index is 1.49. The van der Waals surface area contributed by atoms with Crippen molar-refractivity contribution in [2.45, 2.75) is 12.3 Å². The number of methoxy groups -OCH3 is 1. The lowest BCUT2D eigenvalue weighted by molar-refractivity contribution is -0.121. The molecule has 2 N–H and O–H groups in total. The third-order valence-corrected chi connectivity index (χ3v) is 5.90. The van der Waals surface area contributed by atoms with Crippen molar-refractivity contribution in [1.29, 1.82) is 0 Å². The predicted octanol–water partition coefficient (Wildman–Crippen LogP) is 2.28. The molecule has 34 heavy (non-hydrogen) atoms. The van der Waals surface area contributed by atoms with Crippen LogP contribution in [0, 0.1) is 5.92 Å². The number of amides is 1. The Labute approximate surface area is 199 Å². The molecule has 2 heterocycles. The highest BCUT2D eigenvalue weighted by Gasteiger charge is 2.28. The van der Waals surface area contributed by atoms with Crippen LogP contribution in [0.3, 0.4) is 0 Å². The third-order valence-electron chi connectivity index (χ3n) is 5.90. The minimum absolute atomic E-state index is 0.160. The van der Waals surface area contributed by atoms with Crippen LogP contribution in [-0.4, -0.2) is 70.5 Å². The van der Waals surface area contributed by atoms with Crippen LogP contribution in [0.5, 0.6) is 11.5 Å². The number of anilines is 1. The average molecular weight is 467 g/mol. The summed E-state index contributed by atoms with van der Waals surface area (Å²) < 4.78 is 16.6. The van der Waals surface area contributed by atoms with Gasteiger partial charge >= 0.3 is 5.97 Å². The Bertz CT molecular complexity index is 1080. The van der Waals surface area contributed by atoms with Crippen molar-refractivity contribution in [3.63, 3.8) is 0 Å². The highest BCUT2D eigenvalue weighted by molar-refractivity contribution is 5.95. The first-order valence-electron chi connectivity index (χ1n) is 11.3. The van der Waals surface area contributed by atoms with Gasteiger partial charge < -0.3 is 29.9 Å². The SMILES string of the molecule is COC(=O)c1ccc2c(c1)CC(C(=O)Nc1ccc(C3C=NNC3)cc1OCCN(C)C)CO2. The van der Waals surface area contributed by atoms with E-state index in [0.29, 0.717) is 35.8 Å². The molecule has 0 radical (unpaired) electrons. The molecule has 0 saturated heterocycles. The molecule has 9 heteroatoms. The van der Waals surface area contributed by atoms with E-state index in [1.165, 1.54) is 7.11 Å². The molecule has 1 amide bonds. The first kappa shape index (κ1) is 23.6. The molecule has 2 atom stereocenters. The highest BCUT2D eigenvalue weighted by atomic mass is 16.5. The number of esters is 1. The van der Waals surface area contributed by atoms with Crippen molar-refractivity contribution in [3.8, 4) is 11.5 Å². The van der Waals surface area contributed by atoms with Crippen LogP contribution in [0.1, 0.15) is 27.4 Å². The number of nitrogens with zero attached hydrogens (tertiary/aromatic N) is 2. The van der Waals surface area contributed by atoms with E-state index in [4.69, 9.17) is 14.2 Å². The number of carbonyl (C=O) groups is 2. The first-order chi connectivity index (χ1) is 16.4. The number of nitrogens with one attached hydrogen (secondary N) is 2. The van der Waals surface area contributed by atoms with E-state index in [1.54, 1.807) is 18.2 Å². The van der Waals surface area contributed by atoms with Crippen LogP contribution in [0.15, 0.2) is 41.5 Å². The Morgan fingerprint density at radius 1 is 1.24 bits per heavy atom. The summed E-state index contributed by atoms with van der Waals surface area (Å²) in [7, 11) is 5.30. The molecule has 0 bridgehead atoms. The minimum atomic E-state index is -0.420. The summed E-state index contributed by atoms with van der Waals surface area (Å²) in [5.41, 5.74) is 5.89. The van der Waals surface area contributed by atoms with Gasteiger partial charge in [-0.3, -0.25) is 4.79 Å². The number of carbonyl (C=O) groups excluding carboxylic acids is 2. The van der Waals surface area contributed by atoms with E-state index >= 15 is 0 Å². The molecule has 0 fully saturated rings. The van der Waals surface area contributed by atoms with Gasteiger partial charge in [-0.1, -0.05) is 6.07 Å². The summed E-state index contributed by atoms with van der Waals surface area (Å²) in [4.78, 5) is 27.1. The Morgan fingerprint density at radius 3 is 2.82 bits per heavy atom. The van der Waals surface area contributed by atoms with Crippen molar-refractivity contribution in [3.05, 3.63) is 53.1 Å². The zero-order chi connectivity index (χ0) is 24.1. The third kappa shape index (κ3) is 5.48. The van der Waals surface area contributed by atoms with E-state index in [9.17, 15) is 9.59 Å². The lowest BCUT2D eigenvalue weighted by atomic mass is 9.94. The van der Waals surface area contributed by atoms with E-state index < -0.39 is 11.9 Å². The van der Waals surface area contributed by atoms with Crippen LogP contribution < -0.4 is 20.2 Å². The van der Waals surface area contributed by atoms with Gasteiger partial charge in [0.1, 0.15) is 24.7 Å². The van der Waals surface area contributed by atoms with E-state index in [0.717, 1.165) is 24.2 Å². The zero-order valence-corrected chi connectivity index (χ0v) is 19.7. The summed E-state index contributed by atoms with van der Waals surface area (Å²) in [6, 6.07) is 10.9. The number of likely N-dealkylation sites (N-methyl/N-ethyl adjacent to an activating group) is 1. The van der Waals surface area contributed by atoms with Gasteiger partial charge in [0.15, 0.2) is 0 Å². The molecule has 2 aliphatic rings. The Kier molecular flexibility index (Phi) is 7.32. The van der Waals surface area contributed by atoms with Gasteiger partial charge in [-0.05, 0) is 62.0 Å². The van der Waals surface area contributed by atoms with Crippen LogP contribution in [0.4, 0.5) is 5.69 Å². The van der Waals surface area contributed by atoms with Gasteiger partial charge in [-0.2, -0.15) is 5.10 Å². The number of rotatable bonds is 8. The summed E-state index contributed by atoms with van der Waals surface area (Å²) >= 11 is 0. The highest BCUT2D eigenvalue weighted by Crippen LogP contribution is 2.32. The summed E-state index contributed by atoms with van der Waals surface area (Å²) in [6.45, 7) is 2.23. The second-order valence-corrected chi connectivity index (χ2v) is 8.67. The lowest BCUT2D eigenvalue weighted by Gasteiger charge is -2.25. The number of hydrazone groups is 1. The maximum absolute atomic E-state index is 13.1. The fourth-order valence-electron chi connectivity index (χ4n) is 3.92. The predicted molar refractivity (Wildman–Crippen MR) is 129 cm³/mol. The standard InChI is InChI=1S/C25H30N4O5/c1-29(2)8-9-33-23-12-16(20-13-26-27-14-20)4-6-21(23)28-24(30)19-11-18-10-17(25(31)32-3)5-7-22(18)34-15-19/h4-7,10,12-13,19-20,27H,8-9,11,14-15H2,1-3H3,(H,28,30). The smallest absolute Gasteiger partial charge is 0.337 e. The number of ether oxygens (including phenoxy) is 3. The molecular weight excluding hydrogens is 436 g/mol. The molecule has 2 aliphatic heterocycles. The van der Waals surface area contributed by atoms with Gasteiger partial charge in [-0.15, -0.1) is 0 Å². The molecule has 9 nitrogen and oxygen atoms in total. The molecule has 180 valence electrons. The maximum Gasteiger partial charge on any atom is 0.337 e. The topological polar surface area (TPSA) is 101 Å². The minimum Gasteiger partial charge on any atom is -0.492 e. The fraction of sp³-hybridized carbons (Fsp3) is 0.400. The molecule has 2 aromatic rings.